The largest absolute Gasteiger partial charge is 0.352 e. The van der Waals surface area contributed by atoms with Crippen molar-refractivity contribution in [1.29, 1.82) is 0 Å². The number of benzene rings is 1. The number of hydrogen-bond acceptors (Lipinski definition) is 2. The molecule has 0 saturated heterocycles. The first-order valence-electron chi connectivity index (χ1n) is 6.12. The van der Waals surface area contributed by atoms with Crippen molar-refractivity contribution in [3.8, 4) is 11.3 Å². The first kappa shape index (κ1) is 13.6. The Morgan fingerprint density at radius 2 is 1.95 bits per heavy atom. The van der Waals surface area contributed by atoms with E-state index in [4.69, 9.17) is 11.6 Å². The van der Waals surface area contributed by atoms with Gasteiger partial charge >= 0.3 is 0 Å². The Bertz CT molecular complexity index is 526. The van der Waals surface area contributed by atoms with Crippen LogP contribution in [0, 0.1) is 0 Å². The van der Waals surface area contributed by atoms with E-state index in [1.807, 2.05) is 42.5 Å². The maximum Gasteiger partial charge on any atom is 0.221 e. The minimum atomic E-state index is -0.0243. The minimum Gasteiger partial charge on any atom is -0.352 e. The first-order chi connectivity index (χ1) is 9.29. The van der Waals surface area contributed by atoms with Gasteiger partial charge in [-0.3, -0.25) is 9.78 Å². The van der Waals surface area contributed by atoms with E-state index in [2.05, 4.69) is 10.3 Å². The van der Waals surface area contributed by atoms with Crippen molar-refractivity contribution in [3.05, 3.63) is 54.2 Å². The number of carbonyl (C=O) groups excluding carboxylic acids is 1. The molecule has 2 rings (SSSR count). The maximum atomic E-state index is 11.3. The molecule has 0 radical (unpaired) electrons. The fraction of sp³-hybridized carbons (Fsp3) is 0.200. The molecule has 1 aromatic heterocycles. The molecule has 3 nitrogen and oxygen atoms in total. The molecular formula is C15H15ClN2O. The number of aromatic nitrogens is 1. The quantitative estimate of drug-likeness (QED) is 0.852. The second-order valence-electron chi connectivity index (χ2n) is 4.13. The molecule has 98 valence electrons. The predicted molar refractivity (Wildman–Crippen MR) is 76.9 cm³/mol. The molecule has 0 saturated carbocycles. The molecule has 0 fully saturated rings. The number of carbonyl (C=O) groups is 1. The van der Waals surface area contributed by atoms with E-state index in [0.29, 0.717) is 18.8 Å². The third-order valence-electron chi connectivity index (χ3n) is 2.73. The van der Waals surface area contributed by atoms with Gasteiger partial charge in [0.1, 0.15) is 0 Å². The van der Waals surface area contributed by atoms with E-state index in [1.54, 1.807) is 6.20 Å². The molecule has 0 atom stereocenters. The monoisotopic (exact) mass is 274 g/mol. The molecule has 0 aliphatic rings. The SMILES string of the molecule is O=C(CCCl)NCc1ccc(-c2ccccn2)cc1. The van der Waals surface area contributed by atoms with Gasteiger partial charge in [-0.15, -0.1) is 11.6 Å². The summed E-state index contributed by atoms with van der Waals surface area (Å²) in [6.45, 7) is 0.526. The molecule has 0 aliphatic carbocycles. The molecule has 0 spiro atoms. The van der Waals surface area contributed by atoms with Crippen molar-refractivity contribution in [1.82, 2.24) is 10.3 Å². The average Bonchev–Trinajstić information content (AvgIpc) is 2.47. The standard InChI is InChI=1S/C15H15ClN2O/c16-9-8-15(19)18-11-12-4-6-13(7-5-12)14-3-1-2-10-17-14/h1-7,10H,8-9,11H2,(H,18,19). The Morgan fingerprint density at radius 3 is 2.58 bits per heavy atom. The zero-order valence-corrected chi connectivity index (χ0v) is 11.2. The Morgan fingerprint density at radius 1 is 1.16 bits per heavy atom. The van der Waals surface area contributed by atoms with Gasteiger partial charge in [-0.1, -0.05) is 30.3 Å². The summed E-state index contributed by atoms with van der Waals surface area (Å²) in [4.78, 5) is 15.6. The Hall–Kier alpha value is -1.87. The zero-order valence-electron chi connectivity index (χ0n) is 10.5. The summed E-state index contributed by atoms with van der Waals surface area (Å²) in [5, 5.41) is 2.82. The molecule has 0 bridgehead atoms. The molecule has 0 aliphatic heterocycles. The highest BCUT2D eigenvalue weighted by Crippen LogP contribution is 2.16. The Labute approximate surface area is 117 Å². The van der Waals surface area contributed by atoms with Crippen LogP contribution in [-0.4, -0.2) is 16.8 Å². The lowest BCUT2D eigenvalue weighted by atomic mass is 10.1. The van der Waals surface area contributed by atoms with Gasteiger partial charge in [-0.2, -0.15) is 0 Å². The number of rotatable bonds is 5. The molecule has 1 aromatic carbocycles. The van der Waals surface area contributed by atoms with Crippen LogP contribution in [0.2, 0.25) is 0 Å². The maximum absolute atomic E-state index is 11.3. The van der Waals surface area contributed by atoms with Gasteiger partial charge in [0.2, 0.25) is 5.91 Å². The van der Waals surface area contributed by atoms with E-state index in [0.717, 1.165) is 16.8 Å². The van der Waals surface area contributed by atoms with Crippen LogP contribution in [0.1, 0.15) is 12.0 Å². The molecule has 4 heteroatoms. The van der Waals surface area contributed by atoms with Crippen molar-refractivity contribution in [2.24, 2.45) is 0 Å². The summed E-state index contributed by atoms with van der Waals surface area (Å²) in [6.07, 6.45) is 2.13. The smallest absolute Gasteiger partial charge is 0.221 e. The number of nitrogens with zero attached hydrogens (tertiary/aromatic N) is 1. The lowest BCUT2D eigenvalue weighted by Gasteiger charge is -2.05. The fourth-order valence-electron chi connectivity index (χ4n) is 1.70. The number of nitrogens with one attached hydrogen (secondary N) is 1. The van der Waals surface area contributed by atoms with E-state index >= 15 is 0 Å². The highest BCUT2D eigenvalue weighted by Gasteiger charge is 2.01. The lowest BCUT2D eigenvalue weighted by molar-refractivity contribution is -0.120. The van der Waals surface area contributed by atoms with Gasteiger partial charge in [0.25, 0.3) is 0 Å². The summed E-state index contributed by atoms with van der Waals surface area (Å²) in [6, 6.07) is 13.8. The second-order valence-corrected chi connectivity index (χ2v) is 4.51. The number of pyridine rings is 1. The summed E-state index contributed by atoms with van der Waals surface area (Å²) in [7, 11) is 0. The van der Waals surface area contributed by atoms with Crippen LogP contribution in [0.4, 0.5) is 0 Å². The van der Waals surface area contributed by atoms with Crippen LogP contribution in [0.3, 0.4) is 0 Å². The Balaban J connectivity index is 1.97. The van der Waals surface area contributed by atoms with Crippen LogP contribution in [0.25, 0.3) is 11.3 Å². The van der Waals surface area contributed by atoms with Crippen LogP contribution < -0.4 is 5.32 Å². The van der Waals surface area contributed by atoms with Gasteiger partial charge in [0, 0.05) is 30.6 Å². The summed E-state index contributed by atoms with van der Waals surface area (Å²) in [5.74, 6) is 0.327. The number of hydrogen-bond donors (Lipinski definition) is 1. The van der Waals surface area contributed by atoms with Crippen LogP contribution in [0.5, 0.6) is 0 Å². The van der Waals surface area contributed by atoms with Gasteiger partial charge in [-0.25, -0.2) is 0 Å². The van der Waals surface area contributed by atoms with Crippen molar-refractivity contribution < 1.29 is 4.79 Å². The predicted octanol–water partition coefficient (Wildman–Crippen LogP) is 2.99. The van der Waals surface area contributed by atoms with E-state index in [9.17, 15) is 4.79 Å². The second kappa shape index (κ2) is 6.90. The summed E-state index contributed by atoms with van der Waals surface area (Å²) in [5.41, 5.74) is 3.07. The lowest BCUT2D eigenvalue weighted by Crippen LogP contribution is -2.22. The van der Waals surface area contributed by atoms with Crippen LogP contribution in [-0.2, 0) is 11.3 Å². The van der Waals surface area contributed by atoms with Gasteiger partial charge in [0.15, 0.2) is 0 Å². The highest BCUT2D eigenvalue weighted by atomic mass is 35.5. The van der Waals surface area contributed by atoms with Gasteiger partial charge < -0.3 is 5.32 Å². The molecule has 1 amide bonds. The van der Waals surface area contributed by atoms with Crippen LogP contribution in [0.15, 0.2) is 48.7 Å². The zero-order chi connectivity index (χ0) is 13.5. The number of amides is 1. The third-order valence-corrected chi connectivity index (χ3v) is 2.91. The van der Waals surface area contributed by atoms with Crippen molar-refractivity contribution in [3.63, 3.8) is 0 Å². The number of alkyl halides is 1. The molecule has 2 aromatic rings. The van der Waals surface area contributed by atoms with Crippen molar-refractivity contribution in [2.45, 2.75) is 13.0 Å². The Kier molecular flexibility index (Phi) is 4.93. The van der Waals surface area contributed by atoms with E-state index < -0.39 is 0 Å². The van der Waals surface area contributed by atoms with Crippen molar-refractivity contribution >= 4 is 17.5 Å². The number of halogens is 1. The van der Waals surface area contributed by atoms with Gasteiger partial charge in [0.05, 0.1) is 5.69 Å². The van der Waals surface area contributed by atoms with Crippen molar-refractivity contribution in [2.75, 3.05) is 5.88 Å². The van der Waals surface area contributed by atoms with E-state index in [1.165, 1.54) is 0 Å². The topological polar surface area (TPSA) is 42.0 Å². The summed E-state index contributed by atoms with van der Waals surface area (Å²) >= 11 is 5.50. The molecule has 1 N–H and O–H groups in total. The highest BCUT2D eigenvalue weighted by molar-refractivity contribution is 6.18. The third kappa shape index (κ3) is 4.07. The molecule has 1 heterocycles. The molecule has 0 unspecified atom stereocenters. The fourth-order valence-corrected chi connectivity index (χ4v) is 1.87. The molecule has 19 heavy (non-hydrogen) atoms. The summed E-state index contributed by atoms with van der Waals surface area (Å²) < 4.78 is 0. The average molecular weight is 275 g/mol. The first-order valence-corrected chi connectivity index (χ1v) is 6.66. The van der Waals surface area contributed by atoms with E-state index in [-0.39, 0.29) is 5.91 Å². The van der Waals surface area contributed by atoms with Crippen LogP contribution >= 0.6 is 11.6 Å². The molecular weight excluding hydrogens is 260 g/mol. The van der Waals surface area contributed by atoms with Gasteiger partial charge in [-0.05, 0) is 17.7 Å². The minimum absolute atomic E-state index is 0.0243. The normalized spacial score (nSPS) is 10.2.